The summed E-state index contributed by atoms with van der Waals surface area (Å²) in [4.78, 5) is 28.5. The molecule has 4 nitrogen and oxygen atoms in total. The number of nitrogens with zero attached hydrogens (tertiary/aromatic N) is 1. The molecule has 0 saturated carbocycles. The maximum absolute atomic E-state index is 13.1. The molecule has 4 rings (SSSR count). The molecule has 2 heterocycles. The molecule has 1 amide bonds. The third-order valence-corrected chi connectivity index (χ3v) is 6.09. The number of para-hydroxylation sites is 1. The summed E-state index contributed by atoms with van der Waals surface area (Å²) in [6.45, 7) is 3.86. The zero-order valence-electron chi connectivity index (χ0n) is 15.5. The molecule has 3 aromatic rings. The number of hydrogen-bond acceptors (Lipinski definition) is 4. The Bertz CT molecular complexity index is 1100. The normalized spacial score (nSPS) is 18.6. The molecule has 1 N–H and O–H groups in total. The smallest absolute Gasteiger partial charge is 0.300 e. The summed E-state index contributed by atoms with van der Waals surface area (Å²) in [5.74, 6) is -1.43. The van der Waals surface area contributed by atoms with Gasteiger partial charge in [-0.1, -0.05) is 48.5 Å². The molecule has 0 spiro atoms. The number of aliphatic hydroxyl groups is 1. The van der Waals surface area contributed by atoms with Crippen molar-refractivity contribution in [2.45, 2.75) is 19.9 Å². The zero-order chi connectivity index (χ0) is 19.8. The monoisotopic (exact) mass is 389 g/mol. The topological polar surface area (TPSA) is 57.6 Å². The van der Waals surface area contributed by atoms with Gasteiger partial charge in [0.25, 0.3) is 11.7 Å². The van der Waals surface area contributed by atoms with Crippen molar-refractivity contribution in [1.29, 1.82) is 0 Å². The van der Waals surface area contributed by atoms with Crippen molar-refractivity contribution in [1.82, 2.24) is 0 Å². The van der Waals surface area contributed by atoms with Crippen molar-refractivity contribution in [2.75, 3.05) is 4.90 Å². The highest BCUT2D eigenvalue weighted by atomic mass is 32.1. The van der Waals surface area contributed by atoms with Gasteiger partial charge in [0.05, 0.1) is 5.57 Å². The highest BCUT2D eigenvalue weighted by Gasteiger charge is 2.48. The van der Waals surface area contributed by atoms with E-state index in [1.54, 1.807) is 24.3 Å². The lowest BCUT2D eigenvalue weighted by Crippen LogP contribution is -2.30. The molecule has 0 radical (unpaired) electrons. The molecule has 1 fully saturated rings. The van der Waals surface area contributed by atoms with Gasteiger partial charge in [-0.2, -0.15) is 0 Å². The van der Waals surface area contributed by atoms with Crippen LogP contribution >= 0.6 is 11.3 Å². The summed E-state index contributed by atoms with van der Waals surface area (Å²) >= 11 is 1.48. The van der Waals surface area contributed by atoms with Crippen molar-refractivity contribution >= 4 is 34.5 Å². The number of aliphatic hydroxyl groups excluding tert-OH is 1. The highest BCUT2D eigenvalue weighted by Crippen LogP contribution is 2.45. The lowest BCUT2D eigenvalue weighted by atomic mass is 9.98. The summed E-state index contributed by atoms with van der Waals surface area (Å²) in [7, 11) is 0. The molecule has 0 aliphatic carbocycles. The van der Waals surface area contributed by atoms with Crippen LogP contribution in [0.5, 0.6) is 0 Å². The van der Waals surface area contributed by atoms with Crippen LogP contribution in [0.15, 0.2) is 71.6 Å². The van der Waals surface area contributed by atoms with E-state index >= 15 is 0 Å². The fourth-order valence-corrected chi connectivity index (χ4v) is 4.60. The largest absolute Gasteiger partial charge is 0.507 e. The van der Waals surface area contributed by atoms with Crippen molar-refractivity contribution in [3.63, 3.8) is 0 Å². The molecule has 1 aliphatic rings. The molecule has 1 atom stereocenters. The van der Waals surface area contributed by atoms with Gasteiger partial charge < -0.3 is 5.11 Å². The third kappa shape index (κ3) is 2.84. The fraction of sp³-hybridized carbons (Fsp3) is 0.130. The second-order valence-electron chi connectivity index (χ2n) is 6.79. The molecule has 1 saturated heterocycles. The molecular formula is C23H19NO3S. The Morgan fingerprint density at radius 3 is 2.25 bits per heavy atom. The number of benzene rings is 2. The van der Waals surface area contributed by atoms with Crippen LogP contribution in [0.4, 0.5) is 5.69 Å². The van der Waals surface area contributed by atoms with E-state index in [1.165, 1.54) is 16.2 Å². The molecular weight excluding hydrogens is 370 g/mol. The van der Waals surface area contributed by atoms with Crippen LogP contribution in [0.3, 0.4) is 0 Å². The van der Waals surface area contributed by atoms with E-state index in [-0.39, 0.29) is 11.3 Å². The molecule has 140 valence electrons. The number of ketones is 1. The number of amides is 1. The summed E-state index contributed by atoms with van der Waals surface area (Å²) < 4.78 is 0. The van der Waals surface area contributed by atoms with Gasteiger partial charge in [0.2, 0.25) is 0 Å². The minimum absolute atomic E-state index is 0.130. The lowest BCUT2D eigenvalue weighted by Gasteiger charge is -2.26. The Balaban J connectivity index is 1.99. The van der Waals surface area contributed by atoms with Gasteiger partial charge in [-0.15, -0.1) is 11.3 Å². The van der Waals surface area contributed by atoms with Gasteiger partial charge in [0.1, 0.15) is 11.8 Å². The quantitative estimate of drug-likeness (QED) is 0.390. The van der Waals surface area contributed by atoms with Crippen molar-refractivity contribution in [3.8, 4) is 0 Å². The van der Waals surface area contributed by atoms with E-state index in [9.17, 15) is 14.7 Å². The van der Waals surface area contributed by atoms with Gasteiger partial charge in [-0.3, -0.25) is 14.5 Å². The predicted octanol–water partition coefficient (Wildman–Crippen LogP) is 4.99. The first-order valence-electron chi connectivity index (χ1n) is 8.96. The lowest BCUT2D eigenvalue weighted by molar-refractivity contribution is -0.132. The van der Waals surface area contributed by atoms with Crippen LogP contribution in [0.25, 0.3) is 5.76 Å². The number of hydrogen-bond donors (Lipinski definition) is 1. The number of rotatable bonds is 3. The van der Waals surface area contributed by atoms with E-state index in [2.05, 4.69) is 0 Å². The van der Waals surface area contributed by atoms with Crippen LogP contribution in [0, 0.1) is 13.8 Å². The number of Topliss-reactive ketones (excluding diaryl/α,β-unsaturated/α-hetero) is 1. The van der Waals surface area contributed by atoms with Crippen molar-refractivity contribution in [2.24, 2.45) is 0 Å². The first-order chi connectivity index (χ1) is 13.5. The molecule has 5 heteroatoms. The van der Waals surface area contributed by atoms with E-state index < -0.39 is 17.7 Å². The van der Waals surface area contributed by atoms with Crippen LogP contribution in [-0.4, -0.2) is 16.8 Å². The van der Waals surface area contributed by atoms with Crippen LogP contribution in [0.2, 0.25) is 0 Å². The van der Waals surface area contributed by atoms with E-state index in [0.717, 1.165) is 16.0 Å². The third-order valence-electron chi connectivity index (χ3n) is 5.02. The molecule has 0 bridgehead atoms. The minimum Gasteiger partial charge on any atom is -0.507 e. The number of carbonyl (C=O) groups excluding carboxylic acids is 2. The Hall–Kier alpha value is -3.18. The molecule has 1 aromatic heterocycles. The average molecular weight is 389 g/mol. The SMILES string of the molecule is Cc1ccccc1N1C(=O)C(=O)/C(=C(\O)c2ccccc2)C1c1sccc1C. The Morgan fingerprint density at radius 1 is 0.929 bits per heavy atom. The highest BCUT2D eigenvalue weighted by molar-refractivity contribution is 7.10. The second kappa shape index (κ2) is 7.09. The van der Waals surface area contributed by atoms with E-state index in [0.29, 0.717) is 11.3 Å². The van der Waals surface area contributed by atoms with Crippen molar-refractivity contribution in [3.05, 3.63) is 93.2 Å². The summed E-state index contributed by atoms with van der Waals surface area (Å²) in [5, 5.41) is 12.9. The average Bonchev–Trinajstić information content (AvgIpc) is 3.24. The van der Waals surface area contributed by atoms with E-state index in [1.807, 2.05) is 55.6 Å². The maximum atomic E-state index is 13.1. The Morgan fingerprint density at radius 2 is 1.61 bits per heavy atom. The van der Waals surface area contributed by atoms with Gasteiger partial charge in [-0.05, 0) is 42.5 Å². The van der Waals surface area contributed by atoms with Gasteiger partial charge in [0, 0.05) is 16.1 Å². The maximum Gasteiger partial charge on any atom is 0.300 e. The summed E-state index contributed by atoms with van der Waals surface area (Å²) in [6.07, 6.45) is 0. The molecule has 1 unspecified atom stereocenters. The number of carbonyl (C=O) groups is 2. The predicted molar refractivity (Wildman–Crippen MR) is 111 cm³/mol. The van der Waals surface area contributed by atoms with E-state index in [4.69, 9.17) is 0 Å². The zero-order valence-corrected chi connectivity index (χ0v) is 16.4. The number of anilines is 1. The first kappa shape index (κ1) is 18.2. The standard InChI is InChI=1S/C23H19NO3S/c1-14-8-6-7-11-17(14)24-19(22-15(2)12-13-28-22)18(21(26)23(24)27)20(25)16-9-4-3-5-10-16/h3-13,19,25H,1-2H3/b20-18-. The van der Waals surface area contributed by atoms with Crippen molar-refractivity contribution < 1.29 is 14.7 Å². The number of thiophene rings is 1. The first-order valence-corrected chi connectivity index (χ1v) is 9.84. The van der Waals surface area contributed by atoms with Crippen LogP contribution in [0.1, 0.15) is 27.6 Å². The Kier molecular flexibility index (Phi) is 4.61. The van der Waals surface area contributed by atoms with Gasteiger partial charge in [0.15, 0.2) is 0 Å². The Labute approximate surface area is 167 Å². The van der Waals surface area contributed by atoms with Gasteiger partial charge >= 0.3 is 0 Å². The molecule has 1 aliphatic heterocycles. The second-order valence-corrected chi connectivity index (χ2v) is 7.74. The minimum atomic E-state index is -0.664. The van der Waals surface area contributed by atoms with Crippen LogP contribution < -0.4 is 4.90 Å². The molecule has 28 heavy (non-hydrogen) atoms. The summed E-state index contributed by atoms with van der Waals surface area (Å²) in [6, 6.07) is 17.7. The fourth-order valence-electron chi connectivity index (χ4n) is 3.58. The number of aryl methyl sites for hydroxylation is 2. The van der Waals surface area contributed by atoms with Crippen LogP contribution in [-0.2, 0) is 9.59 Å². The van der Waals surface area contributed by atoms with Gasteiger partial charge in [-0.25, -0.2) is 0 Å². The molecule has 2 aromatic carbocycles. The summed E-state index contributed by atoms with van der Waals surface area (Å²) in [5.41, 5.74) is 3.20.